The third-order valence-electron chi connectivity index (χ3n) is 4.28. The van der Waals surface area contributed by atoms with Crippen molar-refractivity contribution in [3.05, 3.63) is 59.0 Å². The molecule has 9 heteroatoms. The van der Waals surface area contributed by atoms with E-state index >= 15 is 0 Å². The molecule has 30 heavy (non-hydrogen) atoms. The van der Waals surface area contributed by atoms with Gasteiger partial charge in [-0.3, -0.25) is 9.69 Å². The maximum absolute atomic E-state index is 13.4. The van der Waals surface area contributed by atoms with Gasteiger partial charge in [-0.1, -0.05) is 6.07 Å². The number of anilines is 1. The second kappa shape index (κ2) is 9.64. The van der Waals surface area contributed by atoms with Crippen LogP contribution in [0.5, 0.6) is 11.5 Å². The number of ether oxygens (including phenoxy) is 2. The van der Waals surface area contributed by atoms with Crippen molar-refractivity contribution in [1.29, 1.82) is 0 Å². The minimum Gasteiger partial charge on any atom is -0.493 e. The van der Waals surface area contributed by atoms with Crippen LogP contribution in [0.1, 0.15) is 5.56 Å². The second-order valence-corrected chi connectivity index (χ2v) is 7.43. The fourth-order valence-electron chi connectivity index (χ4n) is 2.87. The number of amides is 1. The molecule has 0 saturated heterocycles. The SMILES string of the molecule is COc1ccc(CN(C)CC(=O)Nc2nc(-c3ccc(F)c(F)c3)cs2)cc1OC. The smallest absolute Gasteiger partial charge is 0.240 e. The molecule has 0 aliphatic rings. The van der Waals surface area contributed by atoms with Gasteiger partial charge in [0.15, 0.2) is 28.3 Å². The third-order valence-corrected chi connectivity index (χ3v) is 5.04. The molecule has 1 heterocycles. The number of benzene rings is 2. The van der Waals surface area contributed by atoms with Crippen molar-refractivity contribution in [2.24, 2.45) is 0 Å². The Kier molecular flexibility index (Phi) is 6.96. The first-order valence-corrected chi connectivity index (χ1v) is 9.88. The van der Waals surface area contributed by atoms with Crippen molar-refractivity contribution >= 4 is 22.4 Å². The Morgan fingerprint density at radius 3 is 2.57 bits per heavy atom. The van der Waals surface area contributed by atoms with Gasteiger partial charge in [0.1, 0.15) is 0 Å². The molecule has 0 bridgehead atoms. The molecule has 0 atom stereocenters. The summed E-state index contributed by atoms with van der Waals surface area (Å²) in [6.45, 7) is 0.681. The number of nitrogens with one attached hydrogen (secondary N) is 1. The number of carbonyl (C=O) groups excluding carboxylic acids is 1. The van der Waals surface area contributed by atoms with E-state index in [-0.39, 0.29) is 12.5 Å². The van der Waals surface area contributed by atoms with Crippen LogP contribution in [0.3, 0.4) is 0 Å². The van der Waals surface area contributed by atoms with Gasteiger partial charge >= 0.3 is 0 Å². The summed E-state index contributed by atoms with van der Waals surface area (Å²) >= 11 is 1.21. The standard InChI is InChI=1S/C21H21F2N3O3S/c1-26(10-13-4-7-18(28-2)19(8-13)29-3)11-20(27)25-21-24-17(12-30-21)14-5-6-15(22)16(23)9-14/h4-9,12H,10-11H2,1-3H3,(H,24,25,27). The molecule has 0 unspecified atom stereocenters. The predicted molar refractivity (Wildman–Crippen MR) is 112 cm³/mol. The number of halogens is 2. The van der Waals surface area contributed by atoms with Crippen LogP contribution < -0.4 is 14.8 Å². The van der Waals surface area contributed by atoms with E-state index in [0.717, 1.165) is 17.7 Å². The number of thiazole rings is 1. The Morgan fingerprint density at radius 2 is 1.87 bits per heavy atom. The molecule has 0 spiro atoms. The minimum absolute atomic E-state index is 0.147. The van der Waals surface area contributed by atoms with Crippen molar-refractivity contribution in [2.75, 3.05) is 33.1 Å². The van der Waals surface area contributed by atoms with E-state index < -0.39 is 11.6 Å². The summed E-state index contributed by atoms with van der Waals surface area (Å²) in [7, 11) is 4.97. The highest BCUT2D eigenvalue weighted by atomic mass is 32.1. The average molecular weight is 433 g/mol. The number of methoxy groups -OCH3 is 2. The number of hydrogen-bond donors (Lipinski definition) is 1. The van der Waals surface area contributed by atoms with E-state index in [1.165, 1.54) is 17.4 Å². The number of likely N-dealkylation sites (N-methyl/N-ethyl adjacent to an activating group) is 1. The van der Waals surface area contributed by atoms with E-state index in [0.29, 0.717) is 34.4 Å². The Morgan fingerprint density at radius 1 is 1.10 bits per heavy atom. The highest BCUT2D eigenvalue weighted by Crippen LogP contribution is 2.28. The van der Waals surface area contributed by atoms with E-state index in [9.17, 15) is 13.6 Å². The van der Waals surface area contributed by atoms with E-state index in [4.69, 9.17) is 9.47 Å². The molecule has 0 aliphatic heterocycles. The molecule has 6 nitrogen and oxygen atoms in total. The molecule has 0 aliphatic carbocycles. The van der Waals surface area contributed by atoms with Crippen molar-refractivity contribution in [2.45, 2.75) is 6.54 Å². The normalized spacial score (nSPS) is 10.9. The van der Waals surface area contributed by atoms with Crippen molar-refractivity contribution in [1.82, 2.24) is 9.88 Å². The lowest BCUT2D eigenvalue weighted by Gasteiger charge is -2.17. The van der Waals surface area contributed by atoms with Crippen LogP contribution >= 0.6 is 11.3 Å². The van der Waals surface area contributed by atoms with Crippen molar-refractivity contribution in [3.63, 3.8) is 0 Å². The van der Waals surface area contributed by atoms with Crippen LogP contribution in [0.25, 0.3) is 11.3 Å². The number of carbonyl (C=O) groups is 1. The van der Waals surface area contributed by atoms with Crippen LogP contribution in [0.2, 0.25) is 0 Å². The Labute approximate surface area is 177 Å². The second-order valence-electron chi connectivity index (χ2n) is 6.58. The molecule has 3 rings (SSSR count). The molecule has 3 aromatic rings. The van der Waals surface area contributed by atoms with Gasteiger partial charge in [0.2, 0.25) is 5.91 Å². The Bertz CT molecular complexity index is 1040. The van der Waals surface area contributed by atoms with Gasteiger partial charge in [0.05, 0.1) is 26.5 Å². The quantitative estimate of drug-likeness (QED) is 0.578. The lowest BCUT2D eigenvalue weighted by molar-refractivity contribution is -0.117. The molecular weight excluding hydrogens is 412 g/mol. The first kappa shape index (κ1) is 21.7. The van der Waals surface area contributed by atoms with Gasteiger partial charge in [-0.25, -0.2) is 13.8 Å². The summed E-state index contributed by atoms with van der Waals surface area (Å²) in [6.07, 6.45) is 0. The van der Waals surface area contributed by atoms with Gasteiger partial charge in [-0.2, -0.15) is 0 Å². The van der Waals surface area contributed by atoms with E-state index in [1.807, 2.05) is 30.1 Å². The summed E-state index contributed by atoms with van der Waals surface area (Å²) in [6, 6.07) is 9.15. The van der Waals surface area contributed by atoms with Crippen LogP contribution in [-0.2, 0) is 11.3 Å². The highest BCUT2D eigenvalue weighted by Gasteiger charge is 2.13. The number of hydrogen-bond acceptors (Lipinski definition) is 6. The van der Waals surface area contributed by atoms with Gasteiger partial charge < -0.3 is 14.8 Å². The lowest BCUT2D eigenvalue weighted by Crippen LogP contribution is -2.29. The summed E-state index contributed by atoms with van der Waals surface area (Å²) in [5.41, 5.74) is 1.88. The summed E-state index contributed by atoms with van der Waals surface area (Å²) in [5.74, 6) is -0.824. The number of nitrogens with zero attached hydrogens (tertiary/aromatic N) is 2. The Hall–Kier alpha value is -3.04. The molecule has 0 radical (unpaired) electrons. The van der Waals surface area contributed by atoms with Crippen molar-refractivity contribution in [3.8, 4) is 22.8 Å². The first-order chi connectivity index (χ1) is 14.4. The minimum atomic E-state index is -0.942. The largest absolute Gasteiger partial charge is 0.493 e. The zero-order valence-electron chi connectivity index (χ0n) is 16.7. The van der Waals surface area contributed by atoms with E-state index in [1.54, 1.807) is 19.6 Å². The predicted octanol–water partition coefficient (Wildman–Crippen LogP) is 4.18. The van der Waals surface area contributed by atoms with Gasteiger partial charge in [-0.05, 0) is 42.9 Å². The molecule has 1 amide bonds. The maximum atomic E-state index is 13.4. The third kappa shape index (κ3) is 5.31. The average Bonchev–Trinajstić information content (AvgIpc) is 3.18. The summed E-state index contributed by atoms with van der Waals surface area (Å²) < 4.78 is 37.0. The molecule has 0 fully saturated rings. The van der Waals surface area contributed by atoms with Crippen molar-refractivity contribution < 1.29 is 23.0 Å². The Balaban J connectivity index is 1.58. The molecule has 2 aromatic carbocycles. The summed E-state index contributed by atoms with van der Waals surface area (Å²) in [5, 5.41) is 4.79. The maximum Gasteiger partial charge on any atom is 0.240 e. The van der Waals surface area contributed by atoms with Gasteiger partial charge in [0, 0.05) is 17.5 Å². The monoisotopic (exact) mass is 433 g/mol. The molecule has 1 N–H and O–H groups in total. The van der Waals surface area contributed by atoms with E-state index in [2.05, 4.69) is 10.3 Å². The molecule has 0 saturated carbocycles. The van der Waals surface area contributed by atoms with Crippen LogP contribution in [-0.4, -0.2) is 43.6 Å². The van der Waals surface area contributed by atoms with Crippen LogP contribution in [0.4, 0.5) is 13.9 Å². The number of aromatic nitrogens is 1. The topological polar surface area (TPSA) is 63.7 Å². The first-order valence-electron chi connectivity index (χ1n) is 9.00. The van der Waals surface area contributed by atoms with Crippen LogP contribution in [0.15, 0.2) is 41.8 Å². The molecule has 1 aromatic heterocycles. The lowest BCUT2D eigenvalue weighted by atomic mass is 10.2. The summed E-state index contributed by atoms with van der Waals surface area (Å²) in [4.78, 5) is 18.5. The van der Waals surface area contributed by atoms with Gasteiger partial charge in [0.25, 0.3) is 0 Å². The fraction of sp³-hybridized carbons (Fsp3) is 0.238. The molecule has 158 valence electrons. The molecular formula is C21H21F2N3O3S. The zero-order chi connectivity index (χ0) is 21.7. The van der Waals surface area contributed by atoms with Gasteiger partial charge in [-0.15, -0.1) is 11.3 Å². The number of rotatable bonds is 8. The zero-order valence-corrected chi connectivity index (χ0v) is 17.6. The fourth-order valence-corrected chi connectivity index (χ4v) is 3.61. The highest BCUT2D eigenvalue weighted by molar-refractivity contribution is 7.14. The van der Waals surface area contributed by atoms with Crippen LogP contribution in [0, 0.1) is 11.6 Å².